The number of aryl methyl sites for hydroxylation is 1. The van der Waals surface area contributed by atoms with Crippen LogP contribution in [0.4, 0.5) is 5.69 Å². The van der Waals surface area contributed by atoms with Gasteiger partial charge in [-0.1, -0.05) is 18.2 Å². The molecular weight excluding hydrogens is 256 g/mol. The molecule has 1 aromatic carbocycles. The number of para-hydroxylation sites is 1. The molecule has 0 aliphatic carbocycles. The summed E-state index contributed by atoms with van der Waals surface area (Å²) < 4.78 is 0. The van der Waals surface area contributed by atoms with Crippen molar-refractivity contribution in [2.24, 2.45) is 0 Å². The van der Waals surface area contributed by atoms with E-state index in [9.17, 15) is 15.0 Å². The zero-order valence-electron chi connectivity index (χ0n) is 12.0. The van der Waals surface area contributed by atoms with Crippen molar-refractivity contribution in [1.29, 1.82) is 0 Å². The number of carbonyl (C=O) groups is 1. The zero-order valence-corrected chi connectivity index (χ0v) is 12.0. The van der Waals surface area contributed by atoms with E-state index >= 15 is 0 Å². The molecule has 1 aliphatic heterocycles. The van der Waals surface area contributed by atoms with E-state index in [4.69, 9.17) is 0 Å². The molecule has 1 aromatic rings. The molecular formula is C15H22N2O3. The Labute approximate surface area is 119 Å². The highest BCUT2D eigenvalue weighted by Crippen LogP contribution is 2.20. The van der Waals surface area contributed by atoms with Gasteiger partial charge >= 0.3 is 0 Å². The van der Waals surface area contributed by atoms with Crippen molar-refractivity contribution in [3.8, 4) is 0 Å². The first kappa shape index (κ1) is 15.0. The monoisotopic (exact) mass is 278 g/mol. The highest BCUT2D eigenvalue weighted by atomic mass is 16.3. The summed E-state index contributed by atoms with van der Waals surface area (Å²) in [5.74, 6) is -0.0110. The third-order valence-electron chi connectivity index (χ3n) is 3.72. The maximum absolute atomic E-state index is 12.4. The summed E-state index contributed by atoms with van der Waals surface area (Å²) in [7, 11) is 0. The highest BCUT2D eigenvalue weighted by molar-refractivity contribution is 5.95. The van der Waals surface area contributed by atoms with Gasteiger partial charge < -0.3 is 15.1 Å². The predicted octanol–water partition coefficient (Wildman–Crippen LogP) is 0.385. The second-order valence-corrected chi connectivity index (χ2v) is 5.25. The van der Waals surface area contributed by atoms with E-state index in [1.807, 2.05) is 38.1 Å². The molecule has 2 rings (SSSR count). The van der Waals surface area contributed by atoms with Crippen LogP contribution in [0.15, 0.2) is 24.3 Å². The minimum Gasteiger partial charge on any atom is -0.389 e. The maximum Gasteiger partial charge on any atom is 0.241 e. The van der Waals surface area contributed by atoms with Gasteiger partial charge in [-0.3, -0.25) is 9.69 Å². The number of hydrogen-bond acceptors (Lipinski definition) is 4. The number of rotatable bonds is 4. The van der Waals surface area contributed by atoms with Crippen LogP contribution in [0.2, 0.25) is 0 Å². The topological polar surface area (TPSA) is 64.0 Å². The second kappa shape index (κ2) is 6.35. The van der Waals surface area contributed by atoms with Gasteiger partial charge in [-0.15, -0.1) is 0 Å². The molecule has 110 valence electrons. The van der Waals surface area contributed by atoms with E-state index in [0.29, 0.717) is 19.6 Å². The van der Waals surface area contributed by atoms with Gasteiger partial charge in [0.15, 0.2) is 0 Å². The lowest BCUT2D eigenvalue weighted by atomic mass is 10.2. The Morgan fingerprint density at radius 3 is 2.45 bits per heavy atom. The average molecular weight is 278 g/mol. The third kappa shape index (κ3) is 3.17. The molecule has 0 spiro atoms. The van der Waals surface area contributed by atoms with E-state index in [-0.39, 0.29) is 12.5 Å². The molecule has 2 N–H and O–H groups in total. The molecule has 0 saturated carbocycles. The molecule has 2 atom stereocenters. The number of nitrogens with zero attached hydrogens (tertiary/aromatic N) is 2. The zero-order chi connectivity index (χ0) is 14.7. The first-order chi connectivity index (χ1) is 9.52. The van der Waals surface area contributed by atoms with Crippen LogP contribution in [-0.4, -0.2) is 59.4 Å². The molecule has 1 heterocycles. The van der Waals surface area contributed by atoms with Crippen LogP contribution < -0.4 is 4.90 Å². The van der Waals surface area contributed by atoms with Gasteiger partial charge in [-0.05, 0) is 25.5 Å². The number of carbonyl (C=O) groups excluding carboxylic acids is 1. The maximum atomic E-state index is 12.4. The van der Waals surface area contributed by atoms with Gasteiger partial charge in [-0.2, -0.15) is 0 Å². The Hall–Kier alpha value is -1.43. The number of anilines is 1. The van der Waals surface area contributed by atoms with Crippen LogP contribution in [-0.2, 0) is 4.79 Å². The summed E-state index contributed by atoms with van der Waals surface area (Å²) >= 11 is 0. The third-order valence-corrected chi connectivity index (χ3v) is 3.72. The SMILES string of the molecule is CCN(C(=O)CN1CC(O)C(O)C1)c1ccccc1C. The van der Waals surface area contributed by atoms with Crippen molar-refractivity contribution in [1.82, 2.24) is 4.90 Å². The molecule has 20 heavy (non-hydrogen) atoms. The predicted molar refractivity (Wildman–Crippen MR) is 77.7 cm³/mol. The van der Waals surface area contributed by atoms with Crippen molar-refractivity contribution in [3.63, 3.8) is 0 Å². The molecule has 0 bridgehead atoms. The van der Waals surface area contributed by atoms with Crippen LogP contribution in [0.3, 0.4) is 0 Å². The summed E-state index contributed by atoms with van der Waals surface area (Å²) in [5, 5.41) is 19.0. The lowest BCUT2D eigenvalue weighted by Gasteiger charge is -2.25. The fraction of sp³-hybridized carbons (Fsp3) is 0.533. The number of likely N-dealkylation sites (N-methyl/N-ethyl adjacent to an activating group) is 1. The Kier molecular flexibility index (Phi) is 4.75. The van der Waals surface area contributed by atoms with Gasteiger partial charge in [0.05, 0.1) is 18.8 Å². The summed E-state index contributed by atoms with van der Waals surface area (Å²) in [6.45, 7) is 5.43. The van der Waals surface area contributed by atoms with Crippen LogP contribution in [0.25, 0.3) is 0 Å². The summed E-state index contributed by atoms with van der Waals surface area (Å²) in [4.78, 5) is 16.0. The lowest BCUT2D eigenvalue weighted by molar-refractivity contribution is -0.119. The number of hydrogen-bond donors (Lipinski definition) is 2. The fourth-order valence-corrected chi connectivity index (χ4v) is 2.60. The standard InChI is InChI=1S/C15H22N2O3/c1-3-17(12-7-5-4-6-11(12)2)15(20)10-16-8-13(18)14(19)9-16/h4-7,13-14,18-19H,3,8-10H2,1-2H3. The van der Waals surface area contributed by atoms with Gasteiger partial charge in [0.25, 0.3) is 0 Å². The molecule has 1 amide bonds. The minimum atomic E-state index is -0.753. The van der Waals surface area contributed by atoms with E-state index < -0.39 is 12.2 Å². The van der Waals surface area contributed by atoms with Gasteiger partial charge in [-0.25, -0.2) is 0 Å². The second-order valence-electron chi connectivity index (χ2n) is 5.25. The van der Waals surface area contributed by atoms with Crippen LogP contribution in [0.1, 0.15) is 12.5 Å². The molecule has 0 radical (unpaired) electrons. The van der Waals surface area contributed by atoms with Gasteiger partial charge in [0.1, 0.15) is 0 Å². The summed E-state index contributed by atoms with van der Waals surface area (Å²) in [6, 6.07) is 7.78. The Balaban J connectivity index is 2.05. The van der Waals surface area contributed by atoms with Crippen molar-refractivity contribution in [3.05, 3.63) is 29.8 Å². The average Bonchev–Trinajstić information content (AvgIpc) is 2.71. The Bertz CT molecular complexity index is 468. The molecule has 1 fully saturated rings. The van der Waals surface area contributed by atoms with E-state index in [1.165, 1.54) is 0 Å². The number of aliphatic hydroxyl groups excluding tert-OH is 2. The van der Waals surface area contributed by atoms with Crippen LogP contribution in [0.5, 0.6) is 0 Å². The van der Waals surface area contributed by atoms with Gasteiger partial charge in [0, 0.05) is 25.3 Å². The number of β-amino-alcohol motifs (C(OH)–C–C–N with tert-alkyl or cyclic N) is 2. The number of benzene rings is 1. The lowest BCUT2D eigenvalue weighted by Crippen LogP contribution is -2.40. The number of amides is 1. The number of likely N-dealkylation sites (tertiary alicyclic amines) is 1. The van der Waals surface area contributed by atoms with Crippen molar-refractivity contribution in [2.75, 3.05) is 31.1 Å². The molecule has 5 heteroatoms. The van der Waals surface area contributed by atoms with Crippen molar-refractivity contribution >= 4 is 11.6 Å². The Morgan fingerprint density at radius 1 is 1.30 bits per heavy atom. The smallest absolute Gasteiger partial charge is 0.241 e. The van der Waals surface area contributed by atoms with Gasteiger partial charge in [0.2, 0.25) is 5.91 Å². The van der Waals surface area contributed by atoms with E-state index in [1.54, 1.807) is 9.80 Å². The fourth-order valence-electron chi connectivity index (χ4n) is 2.60. The molecule has 1 saturated heterocycles. The molecule has 2 unspecified atom stereocenters. The largest absolute Gasteiger partial charge is 0.389 e. The molecule has 0 aromatic heterocycles. The first-order valence-electron chi connectivity index (χ1n) is 6.97. The summed E-state index contributed by atoms with van der Waals surface area (Å²) in [5.41, 5.74) is 1.98. The summed E-state index contributed by atoms with van der Waals surface area (Å²) in [6.07, 6.45) is -1.51. The van der Waals surface area contributed by atoms with Crippen molar-refractivity contribution < 1.29 is 15.0 Å². The quantitative estimate of drug-likeness (QED) is 0.836. The minimum absolute atomic E-state index is 0.0110. The van der Waals surface area contributed by atoms with Crippen LogP contribution >= 0.6 is 0 Å². The number of aliphatic hydroxyl groups is 2. The van der Waals surface area contributed by atoms with E-state index in [0.717, 1.165) is 11.3 Å². The van der Waals surface area contributed by atoms with Crippen molar-refractivity contribution in [2.45, 2.75) is 26.1 Å². The molecule has 1 aliphatic rings. The van der Waals surface area contributed by atoms with E-state index in [2.05, 4.69) is 0 Å². The Morgan fingerprint density at radius 2 is 1.90 bits per heavy atom. The molecule has 5 nitrogen and oxygen atoms in total. The first-order valence-corrected chi connectivity index (χ1v) is 6.97. The normalized spacial score (nSPS) is 23.0. The van der Waals surface area contributed by atoms with Crippen LogP contribution in [0, 0.1) is 6.92 Å². The highest BCUT2D eigenvalue weighted by Gasteiger charge is 2.31.